The van der Waals surface area contributed by atoms with Gasteiger partial charge in [0.2, 0.25) is 0 Å². The van der Waals surface area contributed by atoms with Crippen LogP contribution in [0.3, 0.4) is 0 Å². The zero-order valence-corrected chi connectivity index (χ0v) is 13.1. The van der Waals surface area contributed by atoms with Gasteiger partial charge in [0.1, 0.15) is 6.61 Å². The molecule has 0 atom stereocenters. The third-order valence-electron chi connectivity index (χ3n) is 3.36. The van der Waals surface area contributed by atoms with E-state index in [2.05, 4.69) is 5.10 Å². The fraction of sp³-hybridized carbons (Fsp3) is 0.333. The first-order chi connectivity index (χ1) is 9.93. The van der Waals surface area contributed by atoms with Crippen molar-refractivity contribution in [1.82, 2.24) is 9.78 Å². The van der Waals surface area contributed by atoms with E-state index in [9.17, 15) is 4.79 Å². The van der Waals surface area contributed by atoms with Gasteiger partial charge >= 0.3 is 5.97 Å². The summed E-state index contributed by atoms with van der Waals surface area (Å²) in [5, 5.41) is 4.83. The van der Waals surface area contributed by atoms with Gasteiger partial charge < -0.3 is 10.5 Å². The van der Waals surface area contributed by atoms with Crippen molar-refractivity contribution in [3.8, 4) is 0 Å². The zero-order valence-electron chi connectivity index (χ0n) is 12.3. The van der Waals surface area contributed by atoms with Crippen molar-refractivity contribution >= 4 is 23.3 Å². The Morgan fingerprint density at radius 2 is 2.19 bits per heavy atom. The molecule has 1 aromatic heterocycles. The maximum absolute atomic E-state index is 12.0. The van der Waals surface area contributed by atoms with Crippen molar-refractivity contribution < 1.29 is 9.53 Å². The minimum absolute atomic E-state index is 0.0783. The summed E-state index contributed by atoms with van der Waals surface area (Å²) >= 11 is 6.21. The van der Waals surface area contributed by atoms with Crippen molar-refractivity contribution in [3.05, 3.63) is 45.7 Å². The van der Waals surface area contributed by atoms with Gasteiger partial charge in [0.25, 0.3) is 0 Å². The van der Waals surface area contributed by atoms with Crippen LogP contribution in [0.2, 0.25) is 5.02 Å². The van der Waals surface area contributed by atoms with Crippen molar-refractivity contribution in [2.75, 3.05) is 5.73 Å². The van der Waals surface area contributed by atoms with Gasteiger partial charge in [-0.1, -0.05) is 24.6 Å². The molecule has 6 heteroatoms. The number of hydrogen-bond acceptors (Lipinski definition) is 4. The van der Waals surface area contributed by atoms with Crippen LogP contribution in [0.4, 0.5) is 5.69 Å². The summed E-state index contributed by atoms with van der Waals surface area (Å²) in [7, 11) is 1.78. The van der Waals surface area contributed by atoms with E-state index in [1.54, 1.807) is 29.9 Å². The molecule has 0 aliphatic carbocycles. The van der Waals surface area contributed by atoms with Crippen LogP contribution in [0, 0.1) is 6.92 Å². The quantitative estimate of drug-likeness (QED) is 0.696. The number of aromatic nitrogens is 2. The van der Waals surface area contributed by atoms with Crippen molar-refractivity contribution in [2.45, 2.75) is 26.9 Å². The average molecular weight is 308 g/mol. The van der Waals surface area contributed by atoms with Gasteiger partial charge in [-0.2, -0.15) is 5.10 Å². The number of anilines is 1. The Morgan fingerprint density at radius 1 is 1.48 bits per heavy atom. The van der Waals surface area contributed by atoms with Crippen molar-refractivity contribution in [2.24, 2.45) is 7.05 Å². The van der Waals surface area contributed by atoms with Crippen molar-refractivity contribution in [3.63, 3.8) is 0 Å². The first-order valence-electron chi connectivity index (χ1n) is 6.67. The minimum atomic E-state index is -0.433. The van der Waals surface area contributed by atoms with Crippen LogP contribution in [0.1, 0.15) is 34.2 Å². The molecule has 0 saturated heterocycles. The number of nitrogens with zero attached hydrogens (tertiary/aromatic N) is 2. The lowest BCUT2D eigenvalue weighted by Crippen LogP contribution is -2.09. The van der Waals surface area contributed by atoms with Crippen LogP contribution in [-0.4, -0.2) is 15.7 Å². The molecule has 112 valence electrons. The summed E-state index contributed by atoms with van der Waals surface area (Å²) in [6, 6.07) is 5.09. The molecule has 5 nitrogen and oxygen atoms in total. The van der Waals surface area contributed by atoms with Crippen LogP contribution < -0.4 is 5.73 Å². The molecule has 0 amide bonds. The maximum atomic E-state index is 12.0. The number of benzene rings is 1. The van der Waals surface area contributed by atoms with Gasteiger partial charge in [-0.25, -0.2) is 4.79 Å². The Kier molecular flexibility index (Phi) is 4.53. The van der Waals surface area contributed by atoms with E-state index in [0.717, 1.165) is 17.7 Å². The van der Waals surface area contributed by atoms with Crippen LogP contribution in [0.5, 0.6) is 0 Å². The molecule has 2 N–H and O–H groups in total. The molecule has 2 aromatic rings. The topological polar surface area (TPSA) is 70.1 Å². The molecule has 0 bridgehead atoms. The molecule has 0 spiro atoms. The molecule has 0 aliphatic rings. The van der Waals surface area contributed by atoms with Crippen LogP contribution >= 0.6 is 11.6 Å². The van der Waals surface area contributed by atoms with E-state index in [4.69, 9.17) is 22.1 Å². The van der Waals surface area contributed by atoms with Crippen molar-refractivity contribution in [1.29, 1.82) is 0 Å². The summed E-state index contributed by atoms with van der Waals surface area (Å²) in [5.74, 6) is -0.433. The highest BCUT2D eigenvalue weighted by molar-refractivity contribution is 6.31. The van der Waals surface area contributed by atoms with Gasteiger partial charge in [-0.15, -0.1) is 0 Å². The molecular formula is C15H18ClN3O2. The molecule has 0 unspecified atom stereocenters. The van der Waals surface area contributed by atoms with E-state index in [0.29, 0.717) is 22.0 Å². The zero-order chi connectivity index (χ0) is 15.6. The molecule has 0 fully saturated rings. The number of hydrogen-bond donors (Lipinski definition) is 1. The number of carbonyl (C=O) groups excluding carboxylic acids is 1. The van der Waals surface area contributed by atoms with Crippen LogP contribution in [0.15, 0.2) is 18.2 Å². The van der Waals surface area contributed by atoms with Gasteiger partial charge in [-0.3, -0.25) is 4.68 Å². The first kappa shape index (κ1) is 15.4. The number of aryl methyl sites for hydroxylation is 3. The lowest BCUT2D eigenvalue weighted by molar-refractivity contribution is 0.0463. The predicted octanol–water partition coefficient (Wildman–Crippen LogP) is 2.88. The number of ether oxygens (including phenoxy) is 1. The number of carbonyl (C=O) groups is 1. The number of halogens is 1. The summed E-state index contributed by atoms with van der Waals surface area (Å²) in [6.07, 6.45) is 0.731. The Balaban J connectivity index is 2.11. The number of nitrogens with two attached hydrogens (primary N) is 1. The highest BCUT2D eigenvalue weighted by atomic mass is 35.5. The molecular weight excluding hydrogens is 290 g/mol. The highest BCUT2D eigenvalue weighted by Crippen LogP contribution is 2.22. The second-order valence-corrected chi connectivity index (χ2v) is 5.21. The monoisotopic (exact) mass is 307 g/mol. The lowest BCUT2D eigenvalue weighted by Gasteiger charge is -2.07. The predicted molar refractivity (Wildman–Crippen MR) is 82.3 cm³/mol. The molecule has 0 aliphatic heterocycles. The van der Waals surface area contributed by atoms with E-state index in [1.807, 2.05) is 13.8 Å². The van der Waals surface area contributed by atoms with Gasteiger partial charge in [0.15, 0.2) is 0 Å². The Hall–Kier alpha value is -2.01. The SMILES string of the molecule is CCc1nn(C)c(COC(=O)c2ccc(C)c(N)c2)c1Cl. The molecule has 1 aromatic carbocycles. The van der Waals surface area contributed by atoms with E-state index < -0.39 is 5.97 Å². The number of rotatable bonds is 4. The Labute approximate surface area is 128 Å². The van der Waals surface area contributed by atoms with Gasteiger partial charge in [0.05, 0.1) is 22.0 Å². The smallest absolute Gasteiger partial charge is 0.338 e. The van der Waals surface area contributed by atoms with Gasteiger partial charge in [0, 0.05) is 12.7 Å². The summed E-state index contributed by atoms with van der Waals surface area (Å²) in [5.41, 5.74) is 9.18. The minimum Gasteiger partial charge on any atom is -0.456 e. The average Bonchev–Trinajstić information content (AvgIpc) is 2.73. The van der Waals surface area contributed by atoms with Crippen LogP contribution in [0.25, 0.3) is 0 Å². The third-order valence-corrected chi connectivity index (χ3v) is 3.79. The number of nitrogen functional groups attached to an aromatic ring is 1. The first-order valence-corrected chi connectivity index (χ1v) is 7.05. The summed E-state index contributed by atoms with van der Waals surface area (Å²) < 4.78 is 6.93. The van der Waals surface area contributed by atoms with E-state index >= 15 is 0 Å². The van der Waals surface area contributed by atoms with Gasteiger partial charge in [-0.05, 0) is 31.0 Å². The standard InChI is InChI=1S/C15H18ClN3O2/c1-4-12-14(16)13(19(3)18-12)8-21-15(20)10-6-5-9(2)11(17)7-10/h5-7H,4,8,17H2,1-3H3. The van der Waals surface area contributed by atoms with E-state index in [1.165, 1.54) is 0 Å². The Morgan fingerprint density at radius 3 is 2.76 bits per heavy atom. The van der Waals surface area contributed by atoms with E-state index in [-0.39, 0.29) is 6.61 Å². The number of esters is 1. The highest BCUT2D eigenvalue weighted by Gasteiger charge is 2.15. The van der Waals surface area contributed by atoms with Crippen LogP contribution in [-0.2, 0) is 24.8 Å². The largest absolute Gasteiger partial charge is 0.456 e. The molecule has 21 heavy (non-hydrogen) atoms. The summed E-state index contributed by atoms with van der Waals surface area (Å²) in [6.45, 7) is 3.93. The lowest BCUT2D eigenvalue weighted by atomic mass is 10.1. The fourth-order valence-corrected chi connectivity index (χ4v) is 2.31. The molecule has 2 rings (SSSR count). The Bertz CT molecular complexity index is 680. The normalized spacial score (nSPS) is 10.7. The molecule has 0 saturated carbocycles. The second-order valence-electron chi connectivity index (χ2n) is 4.83. The third kappa shape index (κ3) is 3.19. The second kappa shape index (κ2) is 6.18. The summed E-state index contributed by atoms with van der Waals surface area (Å²) in [4.78, 5) is 12.0. The maximum Gasteiger partial charge on any atom is 0.338 e. The fourth-order valence-electron chi connectivity index (χ4n) is 1.96. The molecule has 0 radical (unpaired) electrons. The molecule has 1 heterocycles.